The Bertz CT molecular complexity index is 386. The van der Waals surface area contributed by atoms with Crippen LogP contribution in [0, 0.1) is 5.92 Å². The first-order valence-electron chi connectivity index (χ1n) is 7.24. The van der Waals surface area contributed by atoms with Crippen LogP contribution in [0.15, 0.2) is 0 Å². The largest absolute Gasteiger partial charge is 0.464 e. The molecular formula is C14H24O9. The summed E-state index contributed by atoms with van der Waals surface area (Å²) in [6, 6.07) is 0. The van der Waals surface area contributed by atoms with Gasteiger partial charge in [-0.15, -0.1) is 0 Å². The highest BCUT2D eigenvalue weighted by molar-refractivity contribution is 5.79. The van der Waals surface area contributed by atoms with Gasteiger partial charge in [0, 0.05) is 20.1 Å². The summed E-state index contributed by atoms with van der Waals surface area (Å²) < 4.78 is 30.3. The molecule has 1 saturated heterocycles. The number of aliphatic hydroxyl groups is 1. The Morgan fingerprint density at radius 1 is 1.26 bits per heavy atom. The summed E-state index contributed by atoms with van der Waals surface area (Å²) in [4.78, 5) is 23.8. The predicted molar refractivity (Wildman–Crippen MR) is 75.2 cm³/mol. The lowest BCUT2D eigenvalue weighted by Crippen LogP contribution is -2.58. The monoisotopic (exact) mass is 336 g/mol. The Labute approximate surface area is 134 Å². The number of carbonyl (C=O) groups excluding carboxylic acids is 2. The van der Waals surface area contributed by atoms with E-state index in [0.29, 0.717) is 0 Å². The zero-order valence-electron chi connectivity index (χ0n) is 13.7. The molecule has 5 atom stereocenters. The van der Waals surface area contributed by atoms with E-state index in [-0.39, 0.29) is 20.2 Å². The number of hydrogen-bond acceptors (Lipinski definition) is 9. The molecule has 9 nitrogen and oxygen atoms in total. The third-order valence-electron chi connectivity index (χ3n) is 3.40. The minimum Gasteiger partial charge on any atom is -0.464 e. The summed E-state index contributed by atoms with van der Waals surface area (Å²) >= 11 is 0. The van der Waals surface area contributed by atoms with Crippen LogP contribution in [-0.2, 0) is 38.0 Å². The number of methoxy groups -OCH3 is 2. The summed E-state index contributed by atoms with van der Waals surface area (Å²) in [5.41, 5.74) is 0. The molecule has 0 aromatic heterocycles. The molecule has 0 amide bonds. The molecule has 134 valence electrons. The van der Waals surface area contributed by atoms with E-state index in [1.54, 1.807) is 13.8 Å². The maximum Gasteiger partial charge on any atom is 0.338 e. The lowest BCUT2D eigenvalue weighted by molar-refractivity contribution is -0.236. The third-order valence-corrected chi connectivity index (χ3v) is 3.40. The van der Waals surface area contributed by atoms with Crippen LogP contribution in [0.5, 0.6) is 0 Å². The number of esters is 2. The van der Waals surface area contributed by atoms with E-state index in [0.717, 1.165) is 0 Å². The lowest BCUT2D eigenvalue weighted by atomic mass is 9.88. The minimum absolute atomic E-state index is 0.0860. The summed E-state index contributed by atoms with van der Waals surface area (Å²) in [5.74, 6) is -2.15. The van der Waals surface area contributed by atoms with Gasteiger partial charge in [-0.05, 0) is 6.92 Å². The Kier molecular flexibility index (Phi) is 8.42. The molecule has 0 radical (unpaired) electrons. The van der Waals surface area contributed by atoms with Crippen LogP contribution in [0.25, 0.3) is 0 Å². The summed E-state index contributed by atoms with van der Waals surface area (Å²) in [6.45, 7) is 3.17. The summed E-state index contributed by atoms with van der Waals surface area (Å²) in [5, 5.41) is 10.1. The quantitative estimate of drug-likeness (QED) is 0.438. The molecule has 1 fully saturated rings. The van der Waals surface area contributed by atoms with Crippen molar-refractivity contribution in [3.8, 4) is 0 Å². The van der Waals surface area contributed by atoms with Crippen LogP contribution < -0.4 is 0 Å². The van der Waals surface area contributed by atoms with E-state index >= 15 is 0 Å². The highest BCUT2D eigenvalue weighted by Crippen LogP contribution is 2.29. The van der Waals surface area contributed by atoms with Crippen molar-refractivity contribution in [3.63, 3.8) is 0 Å². The van der Waals surface area contributed by atoms with Crippen LogP contribution in [0.2, 0.25) is 0 Å². The first kappa shape index (κ1) is 19.8. The van der Waals surface area contributed by atoms with Gasteiger partial charge in [0.05, 0.1) is 6.61 Å². The number of aliphatic hydroxyl groups excluding tert-OH is 1. The van der Waals surface area contributed by atoms with Gasteiger partial charge in [-0.25, -0.2) is 9.59 Å². The Morgan fingerprint density at radius 2 is 1.87 bits per heavy atom. The van der Waals surface area contributed by atoms with Crippen molar-refractivity contribution >= 4 is 11.9 Å². The first-order chi connectivity index (χ1) is 11.0. The molecule has 1 aliphatic rings. The minimum atomic E-state index is -1.61. The van der Waals surface area contributed by atoms with E-state index in [1.165, 1.54) is 14.2 Å². The topological polar surface area (TPSA) is 110 Å². The SMILES string of the molecule is CCOC(=O)[C@@H](O)[C@@H]1OC(=O)[C@@H](OCOC)[C@H](OCOC)[C@H]1C. The van der Waals surface area contributed by atoms with Gasteiger partial charge in [0.25, 0.3) is 0 Å². The molecule has 0 spiro atoms. The van der Waals surface area contributed by atoms with Crippen LogP contribution in [0.4, 0.5) is 0 Å². The highest BCUT2D eigenvalue weighted by Gasteiger charge is 2.49. The summed E-state index contributed by atoms with van der Waals surface area (Å²) in [6.07, 6.45) is -4.54. The van der Waals surface area contributed by atoms with Gasteiger partial charge in [-0.3, -0.25) is 0 Å². The van der Waals surface area contributed by atoms with Crippen LogP contribution in [-0.4, -0.2) is 75.9 Å². The number of hydrogen-bond donors (Lipinski definition) is 1. The zero-order valence-corrected chi connectivity index (χ0v) is 13.7. The molecule has 0 unspecified atom stereocenters. The molecule has 0 aromatic carbocycles. The van der Waals surface area contributed by atoms with Crippen molar-refractivity contribution in [3.05, 3.63) is 0 Å². The molecule has 23 heavy (non-hydrogen) atoms. The van der Waals surface area contributed by atoms with Crippen molar-refractivity contribution < 1.29 is 43.1 Å². The van der Waals surface area contributed by atoms with E-state index in [4.69, 9.17) is 28.4 Å². The normalized spacial score (nSPS) is 29.0. The average Bonchev–Trinajstić information content (AvgIpc) is 2.53. The zero-order chi connectivity index (χ0) is 17.4. The maximum atomic E-state index is 12.1. The highest BCUT2D eigenvalue weighted by atomic mass is 16.7. The van der Waals surface area contributed by atoms with E-state index in [9.17, 15) is 14.7 Å². The van der Waals surface area contributed by atoms with Gasteiger partial charge in [-0.2, -0.15) is 0 Å². The molecule has 0 aliphatic carbocycles. The standard InChI is InChI=1S/C14H24O9/c1-5-20-13(16)9(15)10-8(2)11(21-6-18-3)12(14(17)23-10)22-7-19-4/h8-12,15H,5-7H2,1-4H3/t8-,9-,10+,11+,12-/m0/s1. The van der Waals surface area contributed by atoms with E-state index in [1.807, 2.05) is 0 Å². The Balaban J connectivity index is 2.89. The lowest BCUT2D eigenvalue weighted by Gasteiger charge is -2.40. The molecule has 1 rings (SSSR count). The average molecular weight is 336 g/mol. The number of carbonyl (C=O) groups is 2. The van der Waals surface area contributed by atoms with E-state index < -0.39 is 42.3 Å². The van der Waals surface area contributed by atoms with E-state index in [2.05, 4.69) is 0 Å². The number of rotatable bonds is 9. The second-order valence-electron chi connectivity index (χ2n) is 4.99. The number of cyclic esters (lactones) is 1. The first-order valence-corrected chi connectivity index (χ1v) is 7.24. The van der Waals surface area contributed by atoms with Crippen LogP contribution in [0.1, 0.15) is 13.8 Å². The van der Waals surface area contributed by atoms with Gasteiger partial charge in [-0.1, -0.05) is 6.92 Å². The summed E-state index contributed by atoms with van der Waals surface area (Å²) in [7, 11) is 2.84. The molecule has 0 bridgehead atoms. The Hall–Kier alpha value is -1.26. The fraction of sp³-hybridized carbons (Fsp3) is 0.857. The van der Waals surface area contributed by atoms with Crippen molar-refractivity contribution in [2.75, 3.05) is 34.4 Å². The fourth-order valence-corrected chi connectivity index (χ4v) is 2.31. The van der Waals surface area contributed by atoms with Crippen molar-refractivity contribution in [1.29, 1.82) is 0 Å². The van der Waals surface area contributed by atoms with Gasteiger partial charge in [0.2, 0.25) is 0 Å². The molecule has 0 aromatic rings. The van der Waals surface area contributed by atoms with Gasteiger partial charge < -0.3 is 33.5 Å². The van der Waals surface area contributed by atoms with Gasteiger partial charge in [0.1, 0.15) is 25.8 Å². The maximum absolute atomic E-state index is 12.1. The van der Waals surface area contributed by atoms with Gasteiger partial charge in [0.15, 0.2) is 12.2 Å². The molecule has 1 N–H and O–H groups in total. The second kappa shape index (κ2) is 9.78. The van der Waals surface area contributed by atoms with Gasteiger partial charge >= 0.3 is 11.9 Å². The van der Waals surface area contributed by atoms with Crippen LogP contribution >= 0.6 is 0 Å². The van der Waals surface area contributed by atoms with Crippen molar-refractivity contribution in [2.24, 2.45) is 5.92 Å². The smallest absolute Gasteiger partial charge is 0.338 e. The molecule has 1 heterocycles. The van der Waals surface area contributed by atoms with Crippen molar-refractivity contribution in [1.82, 2.24) is 0 Å². The fourth-order valence-electron chi connectivity index (χ4n) is 2.31. The Morgan fingerprint density at radius 3 is 2.43 bits per heavy atom. The van der Waals surface area contributed by atoms with Crippen LogP contribution in [0.3, 0.4) is 0 Å². The number of ether oxygens (including phenoxy) is 6. The third kappa shape index (κ3) is 5.11. The molecular weight excluding hydrogens is 312 g/mol. The van der Waals surface area contributed by atoms with Crippen molar-refractivity contribution in [2.45, 2.75) is 38.3 Å². The molecule has 1 aliphatic heterocycles. The predicted octanol–water partition coefficient (Wildman–Crippen LogP) is -0.550. The second-order valence-corrected chi connectivity index (χ2v) is 4.99. The molecule has 9 heteroatoms. The molecule has 0 saturated carbocycles.